The van der Waals surface area contributed by atoms with Crippen molar-refractivity contribution in [3.63, 3.8) is 0 Å². The Kier molecular flexibility index (Phi) is 8.13. The van der Waals surface area contributed by atoms with Crippen molar-refractivity contribution in [3.8, 4) is 6.19 Å². The van der Waals surface area contributed by atoms with Crippen molar-refractivity contribution in [2.45, 2.75) is 76.6 Å². The first-order valence-corrected chi connectivity index (χ1v) is 12.0. The van der Waals surface area contributed by atoms with Crippen LogP contribution < -0.4 is 10.2 Å². The second-order valence-electron chi connectivity index (χ2n) is 10.2. The molecule has 3 unspecified atom stereocenters. The summed E-state index contributed by atoms with van der Waals surface area (Å²) in [6.45, 7) is 11.7. The number of hydrogen-bond acceptors (Lipinski definition) is 6. The summed E-state index contributed by atoms with van der Waals surface area (Å²) in [5.74, 6) is -0.752. The van der Waals surface area contributed by atoms with Crippen molar-refractivity contribution in [1.29, 1.82) is 5.26 Å². The summed E-state index contributed by atoms with van der Waals surface area (Å²) in [4.78, 5) is 34.2. The third-order valence-corrected chi connectivity index (χ3v) is 6.29. The normalized spacial score (nSPS) is 21.5. The second-order valence-corrected chi connectivity index (χ2v) is 10.2. The molecule has 0 aromatic heterocycles. The lowest BCUT2D eigenvalue weighted by Crippen LogP contribution is -2.55. The Morgan fingerprint density at radius 1 is 1.31 bits per heavy atom. The highest BCUT2D eigenvalue weighted by atomic mass is 16.3. The zero-order chi connectivity index (χ0) is 25.8. The summed E-state index contributed by atoms with van der Waals surface area (Å²) in [7, 11) is 0. The second kappa shape index (κ2) is 10.9. The van der Waals surface area contributed by atoms with Gasteiger partial charge in [0.15, 0.2) is 6.19 Å². The lowest BCUT2D eigenvalue weighted by molar-refractivity contribution is -0.127. The number of aliphatic imine (C=N–C) groups is 1. The number of carbonyl (C=O) groups excluding carboxylic acids is 2. The molecule has 1 aliphatic carbocycles. The molecule has 2 amide bonds. The molecular weight excluding hydrogens is 442 g/mol. The molecule has 2 fully saturated rings. The molecule has 0 spiro atoms. The smallest absolute Gasteiger partial charge is 0.251 e. The average Bonchev–Trinajstić information content (AvgIpc) is 3.54. The molecule has 1 heterocycles. The molecule has 2 N–H and O–H groups in total. The van der Waals surface area contributed by atoms with E-state index in [2.05, 4.69) is 37.8 Å². The summed E-state index contributed by atoms with van der Waals surface area (Å²) in [5, 5.41) is 22.8. The van der Waals surface area contributed by atoms with E-state index in [1.807, 2.05) is 37.4 Å². The molecule has 186 valence electrons. The van der Waals surface area contributed by atoms with Gasteiger partial charge in [0.1, 0.15) is 12.1 Å². The zero-order valence-electron chi connectivity index (χ0n) is 20.9. The fourth-order valence-corrected chi connectivity index (χ4v) is 4.27. The van der Waals surface area contributed by atoms with Crippen LogP contribution in [0.2, 0.25) is 0 Å². The molecule has 2 aliphatic rings. The van der Waals surface area contributed by atoms with Crippen LogP contribution in [-0.4, -0.2) is 59.3 Å². The van der Waals surface area contributed by atoms with Gasteiger partial charge in [0.05, 0.1) is 12.6 Å². The molecule has 35 heavy (non-hydrogen) atoms. The number of nitrogens with one attached hydrogen (secondary N) is 1. The molecule has 1 saturated heterocycles. The highest BCUT2D eigenvalue weighted by Crippen LogP contribution is 2.31. The molecule has 1 aromatic carbocycles. The van der Waals surface area contributed by atoms with E-state index in [-0.39, 0.29) is 30.3 Å². The molecule has 1 aromatic rings. The minimum absolute atomic E-state index is 0.0778. The van der Waals surface area contributed by atoms with Crippen LogP contribution in [0.3, 0.4) is 0 Å². The van der Waals surface area contributed by atoms with Crippen LogP contribution >= 0.6 is 0 Å². The molecular formula is C27H35N5O3. The van der Waals surface area contributed by atoms with Crippen LogP contribution in [0, 0.1) is 11.5 Å². The number of rotatable bonds is 8. The topological polar surface area (TPSA) is 109 Å². The number of aliphatic hydroxyl groups excluding tert-OH is 1. The molecule has 3 atom stereocenters. The van der Waals surface area contributed by atoms with E-state index in [0.29, 0.717) is 11.3 Å². The van der Waals surface area contributed by atoms with Gasteiger partial charge in [-0.2, -0.15) is 5.26 Å². The molecule has 8 nitrogen and oxygen atoms in total. The van der Waals surface area contributed by atoms with Gasteiger partial charge in [0.25, 0.3) is 5.91 Å². The largest absolute Gasteiger partial charge is 0.391 e. The fraction of sp³-hybridized carbons (Fsp3) is 0.481. The van der Waals surface area contributed by atoms with Crippen molar-refractivity contribution < 1.29 is 14.7 Å². The number of allylic oxidation sites excluding steroid dienone is 1. The Morgan fingerprint density at radius 3 is 2.49 bits per heavy atom. The van der Waals surface area contributed by atoms with E-state index < -0.39 is 24.1 Å². The van der Waals surface area contributed by atoms with E-state index >= 15 is 0 Å². The molecule has 1 aliphatic heterocycles. The highest BCUT2D eigenvalue weighted by Gasteiger charge is 2.43. The Bertz CT molecular complexity index is 1040. The van der Waals surface area contributed by atoms with Crippen molar-refractivity contribution in [3.05, 3.63) is 53.8 Å². The summed E-state index contributed by atoms with van der Waals surface area (Å²) >= 11 is 0. The number of nitrogens with zero attached hydrogens (tertiary/aromatic N) is 4. The Labute approximate surface area is 207 Å². The van der Waals surface area contributed by atoms with Crippen LogP contribution in [0.25, 0.3) is 0 Å². The zero-order valence-corrected chi connectivity index (χ0v) is 20.9. The third kappa shape index (κ3) is 6.17. The Hall–Kier alpha value is -3.44. The fourth-order valence-electron chi connectivity index (χ4n) is 4.27. The lowest BCUT2D eigenvalue weighted by atomic mass is 9.87. The number of benzene rings is 1. The SMILES string of the molecule is C=N/C=C(\C=C/C)C(C(=O)NC1CC1)N(C(=O)C1CC(O)CN1C#N)c1ccc(C(C)(C)C)cc1. The predicted molar refractivity (Wildman–Crippen MR) is 137 cm³/mol. The Balaban J connectivity index is 2.15. The molecule has 8 heteroatoms. The van der Waals surface area contributed by atoms with E-state index in [1.54, 1.807) is 12.2 Å². The average molecular weight is 478 g/mol. The monoisotopic (exact) mass is 477 g/mol. The van der Waals surface area contributed by atoms with Crippen LogP contribution in [-0.2, 0) is 15.0 Å². The standard InChI is InChI=1S/C27H35N5O3/c1-6-7-18(15-29-5)24(25(34)30-20-10-11-20)32(21-12-8-19(9-13-21)27(2,3)4)26(35)23-14-22(33)16-31(23)17-28/h6-9,12-13,15,20,22-24,33H,5,10-11,14,16H2,1-4H3,(H,30,34)/b7-6-,18-15+. The first-order valence-electron chi connectivity index (χ1n) is 12.0. The highest BCUT2D eigenvalue weighted by molar-refractivity contribution is 6.05. The van der Waals surface area contributed by atoms with Crippen molar-refractivity contribution in [2.24, 2.45) is 4.99 Å². The van der Waals surface area contributed by atoms with E-state index in [9.17, 15) is 20.0 Å². The van der Waals surface area contributed by atoms with Gasteiger partial charge in [-0.1, -0.05) is 45.1 Å². The van der Waals surface area contributed by atoms with Gasteiger partial charge in [-0.3, -0.25) is 24.4 Å². The van der Waals surface area contributed by atoms with E-state index in [0.717, 1.165) is 18.4 Å². The van der Waals surface area contributed by atoms with Crippen molar-refractivity contribution in [1.82, 2.24) is 10.2 Å². The molecule has 1 saturated carbocycles. The number of likely N-dealkylation sites (tertiary alicyclic amines) is 1. The van der Waals surface area contributed by atoms with Gasteiger partial charge in [-0.25, -0.2) is 0 Å². The van der Waals surface area contributed by atoms with Crippen LogP contribution in [0.4, 0.5) is 5.69 Å². The predicted octanol–water partition coefficient (Wildman–Crippen LogP) is 3.04. The minimum atomic E-state index is -1.02. The number of aliphatic hydroxyl groups is 1. The third-order valence-electron chi connectivity index (χ3n) is 6.29. The van der Waals surface area contributed by atoms with Crippen LogP contribution in [0.1, 0.15) is 52.5 Å². The number of anilines is 1. The molecule has 0 radical (unpaired) electrons. The Morgan fingerprint density at radius 2 is 1.97 bits per heavy atom. The minimum Gasteiger partial charge on any atom is -0.391 e. The number of hydrogen-bond donors (Lipinski definition) is 2. The lowest BCUT2D eigenvalue weighted by Gasteiger charge is -2.35. The van der Waals surface area contributed by atoms with Gasteiger partial charge in [0, 0.05) is 29.9 Å². The van der Waals surface area contributed by atoms with Gasteiger partial charge < -0.3 is 10.4 Å². The van der Waals surface area contributed by atoms with Crippen LogP contribution in [0.15, 0.2) is 53.2 Å². The first kappa shape index (κ1) is 26.2. The van der Waals surface area contributed by atoms with E-state index in [4.69, 9.17) is 0 Å². The number of carbonyl (C=O) groups is 2. The van der Waals surface area contributed by atoms with Crippen molar-refractivity contribution >= 4 is 24.2 Å². The quantitative estimate of drug-likeness (QED) is 0.340. The molecule has 0 bridgehead atoms. The summed E-state index contributed by atoms with van der Waals surface area (Å²) < 4.78 is 0. The number of amides is 2. The summed E-state index contributed by atoms with van der Waals surface area (Å²) in [6.07, 6.45) is 8.12. The van der Waals surface area contributed by atoms with Crippen LogP contribution in [0.5, 0.6) is 0 Å². The van der Waals surface area contributed by atoms with E-state index in [1.165, 1.54) is 16.0 Å². The summed E-state index contributed by atoms with van der Waals surface area (Å²) in [6, 6.07) is 5.72. The first-order chi connectivity index (χ1) is 16.6. The van der Waals surface area contributed by atoms with Crippen molar-refractivity contribution in [2.75, 3.05) is 11.4 Å². The number of β-amino-alcohol motifs (C(OH)–C–C–N with tert-alkyl or cyclic N) is 1. The summed E-state index contributed by atoms with van der Waals surface area (Å²) in [5.41, 5.74) is 2.01. The van der Waals surface area contributed by atoms with Gasteiger partial charge in [0.2, 0.25) is 5.91 Å². The number of nitriles is 1. The molecule has 3 rings (SSSR count). The van der Waals surface area contributed by atoms with Gasteiger partial charge in [-0.05, 0) is 49.6 Å². The maximum absolute atomic E-state index is 14.0. The maximum Gasteiger partial charge on any atom is 0.251 e. The van der Waals surface area contributed by atoms with Gasteiger partial charge in [-0.15, -0.1) is 0 Å². The maximum atomic E-state index is 14.0. The van der Waals surface area contributed by atoms with Gasteiger partial charge >= 0.3 is 0 Å².